The van der Waals surface area contributed by atoms with E-state index in [0.717, 1.165) is 30.8 Å². The fourth-order valence-electron chi connectivity index (χ4n) is 3.21. The van der Waals surface area contributed by atoms with Gasteiger partial charge in [0.1, 0.15) is 0 Å². The van der Waals surface area contributed by atoms with E-state index in [2.05, 4.69) is 22.1 Å². The van der Waals surface area contributed by atoms with Crippen LogP contribution in [0.5, 0.6) is 0 Å². The molecule has 1 fully saturated rings. The minimum atomic E-state index is -0.0874. The van der Waals surface area contributed by atoms with E-state index < -0.39 is 0 Å². The fourth-order valence-corrected chi connectivity index (χ4v) is 3.21. The molecule has 2 heterocycles. The maximum absolute atomic E-state index is 12.7. The summed E-state index contributed by atoms with van der Waals surface area (Å²) in [6.45, 7) is 7.09. The third-order valence-corrected chi connectivity index (χ3v) is 4.78. The highest BCUT2D eigenvalue weighted by molar-refractivity contribution is 5.92. The number of aliphatic hydroxyl groups excluding tert-OH is 1. The molecule has 25 heavy (non-hydrogen) atoms. The number of hydrogen-bond donors (Lipinski definition) is 1. The van der Waals surface area contributed by atoms with Crippen molar-refractivity contribution in [1.82, 2.24) is 24.8 Å². The molecule has 134 valence electrons. The molecule has 1 aliphatic heterocycles. The summed E-state index contributed by atoms with van der Waals surface area (Å²) in [6, 6.07) is 8.09. The second kappa shape index (κ2) is 7.76. The smallest absolute Gasteiger partial charge is 0.276 e. The van der Waals surface area contributed by atoms with Gasteiger partial charge in [0.05, 0.1) is 18.5 Å². The summed E-state index contributed by atoms with van der Waals surface area (Å²) in [4.78, 5) is 16.7. The number of piperazine rings is 1. The number of aromatic nitrogens is 3. The summed E-state index contributed by atoms with van der Waals surface area (Å²) in [5.74, 6) is -0.0874. The van der Waals surface area contributed by atoms with E-state index in [0.29, 0.717) is 18.8 Å². The van der Waals surface area contributed by atoms with Crippen molar-refractivity contribution in [3.05, 3.63) is 41.7 Å². The lowest BCUT2D eigenvalue weighted by atomic mass is 10.1. The van der Waals surface area contributed by atoms with E-state index in [1.807, 2.05) is 36.1 Å². The molecule has 2 aromatic rings. The molecule has 1 saturated heterocycles. The molecule has 0 spiro atoms. The average Bonchev–Trinajstić information content (AvgIpc) is 3.13. The molecule has 7 nitrogen and oxygen atoms in total. The Morgan fingerprint density at radius 2 is 2.04 bits per heavy atom. The molecule has 7 heteroatoms. The van der Waals surface area contributed by atoms with Gasteiger partial charge >= 0.3 is 0 Å². The largest absolute Gasteiger partial charge is 0.395 e. The van der Waals surface area contributed by atoms with Crippen LogP contribution in [0.2, 0.25) is 0 Å². The van der Waals surface area contributed by atoms with Gasteiger partial charge in [0.2, 0.25) is 0 Å². The molecule has 1 atom stereocenters. The molecular formula is C18H25N5O2. The van der Waals surface area contributed by atoms with Crippen LogP contribution in [0.15, 0.2) is 30.5 Å². The van der Waals surface area contributed by atoms with Crippen molar-refractivity contribution in [2.75, 3.05) is 32.8 Å². The zero-order chi connectivity index (χ0) is 17.8. The van der Waals surface area contributed by atoms with Gasteiger partial charge in [-0.15, -0.1) is 5.10 Å². The summed E-state index contributed by atoms with van der Waals surface area (Å²) in [6.07, 6.45) is 2.60. The van der Waals surface area contributed by atoms with Crippen LogP contribution in [-0.4, -0.2) is 74.6 Å². The minimum Gasteiger partial charge on any atom is -0.395 e. The Bertz CT molecular complexity index is 718. The number of carbonyl (C=O) groups is 1. The van der Waals surface area contributed by atoms with Gasteiger partial charge in [0, 0.05) is 32.2 Å². The van der Waals surface area contributed by atoms with Crippen LogP contribution in [-0.2, 0) is 0 Å². The maximum atomic E-state index is 12.7. The second-order valence-corrected chi connectivity index (χ2v) is 6.46. The summed E-state index contributed by atoms with van der Waals surface area (Å²) >= 11 is 0. The summed E-state index contributed by atoms with van der Waals surface area (Å²) in [7, 11) is 0. The Morgan fingerprint density at radius 1 is 1.28 bits per heavy atom. The SMILES string of the molecule is CCC(CO)N1CCN(C(=O)c2cn(-c3cccc(C)c3)nn2)CC1. The zero-order valence-electron chi connectivity index (χ0n) is 14.8. The van der Waals surface area contributed by atoms with Crippen LogP contribution in [0.4, 0.5) is 0 Å². The Morgan fingerprint density at radius 3 is 2.68 bits per heavy atom. The number of benzene rings is 1. The van der Waals surface area contributed by atoms with E-state index in [-0.39, 0.29) is 18.6 Å². The third kappa shape index (κ3) is 3.88. The quantitative estimate of drug-likeness (QED) is 0.880. The monoisotopic (exact) mass is 343 g/mol. The van der Waals surface area contributed by atoms with E-state index in [1.54, 1.807) is 10.9 Å². The van der Waals surface area contributed by atoms with Crippen molar-refractivity contribution in [1.29, 1.82) is 0 Å². The van der Waals surface area contributed by atoms with Crippen LogP contribution >= 0.6 is 0 Å². The van der Waals surface area contributed by atoms with Gasteiger partial charge < -0.3 is 10.0 Å². The first-order valence-corrected chi connectivity index (χ1v) is 8.76. The van der Waals surface area contributed by atoms with Gasteiger partial charge in [-0.2, -0.15) is 0 Å². The molecule has 1 N–H and O–H groups in total. The molecule has 3 rings (SSSR count). The van der Waals surface area contributed by atoms with Crippen molar-refractivity contribution in [3.63, 3.8) is 0 Å². The lowest BCUT2D eigenvalue weighted by Crippen LogP contribution is -2.52. The van der Waals surface area contributed by atoms with E-state index in [4.69, 9.17) is 0 Å². The maximum Gasteiger partial charge on any atom is 0.276 e. The van der Waals surface area contributed by atoms with Crippen LogP contribution in [0.3, 0.4) is 0 Å². The molecule has 1 amide bonds. The van der Waals surface area contributed by atoms with Crippen LogP contribution < -0.4 is 0 Å². The fraction of sp³-hybridized carbons (Fsp3) is 0.500. The summed E-state index contributed by atoms with van der Waals surface area (Å²) < 4.78 is 1.63. The number of hydrogen-bond acceptors (Lipinski definition) is 5. The molecule has 1 aromatic heterocycles. The number of amides is 1. The number of carbonyl (C=O) groups excluding carboxylic acids is 1. The first-order valence-electron chi connectivity index (χ1n) is 8.76. The highest BCUT2D eigenvalue weighted by atomic mass is 16.3. The van der Waals surface area contributed by atoms with Crippen LogP contribution in [0.25, 0.3) is 5.69 Å². The number of rotatable bonds is 5. The predicted molar refractivity (Wildman–Crippen MR) is 94.7 cm³/mol. The van der Waals surface area contributed by atoms with Gasteiger partial charge in [0.25, 0.3) is 5.91 Å². The molecule has 0 aliphatic carbocycles. The molecule has 0 bridgehead atoms. The van der Waals surface area contributed by atoms with Crippen molar-refractivity contribution in [3.8, 4) is 5.69 Å². The highest BCUT2D eigenvalue weighted by Crippen LogP contribution is 2.13. The predicted octanol–water partition coefficient (Wildman–Crippen LogP) is 1.10. The van der Waals surface area contributed by atoms with Gasteiger partial charge in [-0.05, 0) is 31.0 Å². The Balaban J connectivity index is 1.65. The first-order chi connectivity index (χ1) is 12.1. The van der Waals surface area contributed by atoms with Crippen LogP contribution in [0, 0.1) is 6.92 Å². The van der Waals surface area contributed by atoms with Gasteiger partial charge in [0.15, 0.2) is 5.69 Å². The van der Waals surface area contributed by atoms with Gasteiger partial charge in [-0.1, -0.05) is 24.3 Å². The van der Waals surface area contributed by atoms with Gasteiger partial charge in [-0.3, -0.25) is 9.69 Å². The molecule has 0 saturated carbocycles. The normalized spacial score (nSPS) is 16.8. The van der Waals surface area contributed by atoms with Crippen LogP contribution in [0.1, 0.15) is 29.4 Å². The number of aliphatic hydroxyl groups is 1. The Kier molecular flexibility index (Phi) is 5.45. The zero-order valence-corrected chi connectivity index (χ0v) is 14.8. The molecule has 1 aliphatic rings. The van der Waals surface area contributed by atoms with E-state index >= 15 is 0 Å². The third-order valence-electron chi connectivity index (χ3n) is 4.78. The summed E-state index contributed by atoms with van der Waals surface area (Å²) in [5, 5.41) is 17.6. The molecule has 1 unspecified atom stereocenters. The lowest BCUT2D eigenvalue weighted by Gasteiger charge is -2.38. The van der Waals surface area contributed by atoms with E-state index in [9.17, 15) is 9.90 Å². The standard InChI is InChI=1S/C18H25N5O2/c1-3-15(13-24)21-7-9-22(10-8-21)18(25)17-12-23(20-19-17)16-6-4-5-14(2)11-16/h4-6,11-12,15,24H,3,7-10,13H2,1-2H3. The Hall–Kier alpha value is -2.25. The molecule has 1 aromatic carbocycles. The van der Waals surface area contributed by atoms with E-state index in [1.165, 1.54) is 0 Å². The van der Waals surface area contributed by atoms with Crippen molar-refractivity contribution < 1.29 is 9.90 Å². The average molecular weight is 343 g/mol. The lowest BCUT2D eigenvalue weighted by molar-refractivity contribution is 0.0468. The van der Waals surface area contributed by atoms with Crippen molar-refractivity contribution >= 4 is 5.91 Å². The van der Waals surface area contributed by atoms with Gasteiger partial charge in [-0.25, -0.2) is 4.68 Å². The first kappa shape index (κ1) is 17.6. The molecule has 0 radical (unpaired) electrons. The summed E-state index contributed by atoms with van der Waals surface area (Å²) in [5.41, 5.74) is 2.39. The second-order valence-electron chi connectivity index (χ2n) is 6.46. The van der Waals surface area contributed by atoms with Crippen molar-refractivity contribution in [2.24, 2.45) is 0 Å². The number of nitrogens with zero attached hydrogens (tertiary/aromatic N) is 5. The number of aryl methyl sites for hydroxylation is 1. The minimum absolute atomic E-state index is 0.0874. The topological polar surface area (TPSA) is 74.5 Å². The van der Waals surface area contributed by atoms with Crippen molar-refractivity contribution in [2.45, 2.75) is 26.3 Å². The molecular weight excluding hydrogens is 318 g/mol. The highest BCUT2D eigenvalue weighted by Gasteiger charge is 2.26. The Labute approximate surface area is 147 Å².